The number of nitrogens with one attached hydrogen (secondary N) is 1. The van der Waals surface area contributed by atoms with Gasteiger partial charge in [-0.2, -0.15) is 22.7 Å². The van der Waals surface area contributed by atoms with E-state index in [9.17, 15) is 31.5 Å². The number of carbonyl (C=O) groups is 2. The first-order valence-electron chi connectivity index (χ1n) is 6.94. The Hall–Kier alpha value is -2.92. The third-order valence-corrected chi connectivity index (χ3v) is 3.10. The zero-order valence-electron chi connectivity index (χ0n) is 13.2. The average molecular weight is 382 g/mol. The van der Waals surface area contributed by atoms with E-state index in [2.05, 4.69) is 19.3 Å². The summed E-state index contributed by atoms with van der Waals surface area (Å²) in [6.07, 6.45) is -10.1. The van der Waals surface area contributed by atoms with Gasteiger partial charge < -0.3 is 14.2 Å². The van der Waals surface area contributed by atoms with E-state index in [1.54, 1.807) is 0 Å². The van der Waals surface area contributed by atoms with Crippen LogP contribution in [0.25, 0.3) is 0 Å². The number of halogens is 5. The van der Waals surface area contributed by atoms with Gasteiger partial charge in [-0.15, -0.1) is 0 Å². The molecule has 2 rings (SSSR count). The SMILES string of the molecule is CCC(=O)C(=NNc1cc2c(cc1F)OC(F)(F)C(F)(F)O2)C(=O)OC. The van der Waals surface area contributed by atoms with Crippen molar-refractivity contribution in [1.29, 1.82) is 0 Å². The molecule has 0 bridgehead atoms. The highest BCUT2D eigenvalue weighted by atomic mass is 19.3. The van der Waals surface area contributed by atoms with Crippen molar-refractivity contribution in [2.75, 3.05) is 12.5 Å². The summed E-state index contributed by atoms with van der Waals surface area (Å²) < 4.78 is 78.3. The van der Waals surface area contributed by atoms with E-state index in [1.165, 1.54) is 6.92 Å². The minimum absolute atomic E-state index is 0.124. The quantitative estimate of drug-likeness (QED) is 0.277. The summed E-state index contributed by atoms with van der Waals surface area (Å²) in [5, 5.41) is 3.38. The van der Waals surface area contributed by atoms with Gasteiger partial charge in [-0.3, -0.25) is 10.2 Å². The number of methoxy groups -OCH3 is 1. The van der Waals surface area contributed by atoms with Crippen LogP contribution in [0, 0.1) is 5.82 Å². The molecule has 0 amide bonds. The number of ether oxygens (including phenoxy) is 3. The van der Waals surface area contributed by atoms with Crippen molar-refractivity contribution >= 4 is 23.2 Å². The lowest BCUT2D eigenvalue weighted by Crippen LogP contribution is -2.52. The highest BCUT2D eigenvalue weighted by Crippen LogP contribution is 2.48. The first kappa shape index (κ1) is 19.4. The Balaban J connectivity index is 2.37. The average Bonchev–Trinajstić information content (AvgIpc) is 2.56. The molecule has 0 radical (unpaired) electrons. The second-order valence-electron chi connectivity index (χ2n) is 4.86. The topological polar surface area (TPSA) is 86.2 Å². The van der Waals surface area contributed by atoms with Crippen molar-refractivity contribution in [2.45, 2.75) is 25.6 Å². The third kappa shape index (κ3) is 3.53. The lowest BCUT2D eigenvalue weighted by Gasteiger charge is -2.32. The van der Waals surface area contributed by atoms with Crippen LogP contribution in [0.15, 0.2) is 17.2 Å². The first-order chi connectivity index (χ1) is 12.0. The van der Waals surface area contributed by atoms with Crippen LogP contribution < -0.4 is 14.9 Å². The van der Waals surface area contributed by atoms with Crippen molar-refractivity contribution < 1.29 is 45.8 Å². The molecule has 1 aliphatic rings. The second-order valence-corrected chi connectivity index (χ2v) is 4.86. The number of esters is 1. The molecule has 26 heavy (non-hydrogen) atoms. The summed E-state index contributed by atoms with van der Waals surface area (Å²) in [7, 11) is 0.980. The van der Waals surface area contributed by atoms with Crippen molar-refractivity contribution in [2.24, 2.45) is 5.10 Å². The van der Waals surface area contributed by atoms with Gasteiger partial charge in [0.25, 0.3) is 0 Å². The molecular weight excluding hydrogens is 371 g/mol. The lowest BCUT2D eigenvalue weighted by molar-refractivity contribution is -0.391. The number of anilines is 1. The second kappa shape index (κ2) is 6.77. The predicted molar refractivity (Wildman–Crippen MR) is 75.9 cm³/mol. The zero-order valence-corrected chi connectivity index (χ0v) is 13.2. The van der Waals surface area contributed by atoms with Crippen LogP contribution in [0.5, 0.6) is 11.5 Å². The number of alkyl halides is 4. The molecule has 142 valence electrons. The Morgan fingerprint density at radius 1 is 1.15 bits per heavy atom. The fraction of sp³-hybridized carbons (Fsp3) is 0.357. The first-order valence-corrected chi connectivity index (χ1v) is 6.94. The molecule has 1 N–H and O–H groups in total. The predicted octanol–water partition coefficient (Wildman–Crippen LogP) is 2.70. The number of fused-ring (bicyclic) bond motifs is 1. The molecule has 0 saturated carbocycles. The Morgan fingerprint density at radius 2 is 1.69 bits per heavy atom. The molecule has 0 atom stereocenters. The number of hydrazone groups is 1. The molecule has 0 unspecified atom stereocenters. The van der Waals surface area contributed by atoms with Gasteiger partial charge in [0.2, 0.25) is 5.71 Å². The van der Waals surface area contributed by atoms with Crippen LogP contribution >= 0.6 is 0 Å². The number of nitrogens with zero attached hydrogens (tertiary/aromatic N) is 1. The third-order valence-electron chi connectivity index (χ3n) is 3.10. The fourth-order valence-corrected chi connectivity index (χ4v) is 1.78. The van der Waals surface area contributed by atoms with Crippen molar-refractivity contribution in [3.8, 4) is 11.5 Å². The van der Waals surface area contributed by atoms with E-state index in [4.69, 9.17) is 0 Å². The number of ketones is 1. The Bertz CT molecular complexity index is 763. The minimum atomic E-state index is -4.99. The number of benzene rings is 1. The van der Waals surface area contributed by atoms with Crippen LogP contribution in [0.4, 0.5) is 27.6 Å². The Morgan fingerprint density at radius 3 is 2.19 bits per heavy atom. The molecule has 0 aromatic heterocycles. The monoisotopic (exact) mass is 382 g/mol. The van der Waals surface area contributed by atoms with Gasteiger partial charge in [-0.1, -0.05) is 6.92 Å². The molecule has 7 nitrogen and oxygen atoms in total. The number of rotatable bonds is 5. The molecule has 0 spiro atoms. The van der Waals surface area contributed by atoms with Gasteiger partial charge in [0.15, 0.2) is 23.1 Å². The number of Topliss-reactive ketones (excluding diaryl/α,β-unsaturated/α-hetero) is 1. The molecule has 1 aliphatic heterocycles. The number of carbonyl (C=O) groups excluding carboxylic acids is 2. The standard InChI is InChI=1S/C14H11F5N2O5/c1-3-8(22)11(12(23)24-2)21-20-7-5-10-9(4-6(7)15)25-13(16,17)14(18,19)26-10/h4-5,20H,3H2,1-2H3. The smallest absolute Gasteiger partial charge is 0.464 e. The normalized spacial score (nSPS) is 17.4. The van der Waals surface area contributed by atoms with Crippen molar-refractivity contribution in [3.05, 3.63) is 17.9 Å². The van der Waals surface area contributed by atoms with Gasteiger partial charge in [-0.25, -0.2) is 9.18 Å². The van der Waals surface area contributed by atoms with Gasteiger partial charge in [0, 0.05) is 18.6 Å². The molecule has 12 heteroatoms. The number of hydrogen-bond donors (Lipinski definition) is 1. The van der Waals surface area contributed by atoms with E-state index in [0.29, 0.717) is 12.1 Å². The van der Waals surface area contributed by atoms with Crippen LogP contribution in [-0.2, 0) is 14.3 Å². The van der Waals surface area contributed by atoms with Crippen LogP contribution in [0.3, 0.4) is 0 Å². The highest BCUT2D eigenvalue weighted by molar-refractivity contribution is 6.64. The van der Waals surface area contributed by atoms with Crippen molar-refractivity contribution in [3.63, 3.8) is 0 Å². The summed E-state index contributed by atoms with van der Waals surface area (Å²) in [6.45, 7) is 1.42. The van der Waals surface area contributed by atoms with Crippen LogP contribution in [-0.4, -0.2) is 36.8 Å². The Kier molecular flexibility index (Phi) is 5.05. The molecule has 1 aromatic rings. The fourth-order valence-electron chi connectivity index (χ4n) is 1.78. The summed E-state index contributed by atoms with van der Waals surface area (Å²) in [6, 6.07) is 0.915. The molecule has 0 aliphatic carbocycles. The summed E-state index contributed by atoms with van der Waals surface area (Å²) in [4.78, 5) is 23.1. The Labute approximate surface area is 142 Å². The van der Waals surface area contributed by atoms with E-state index in [-0.39, 0.29) is 6.42 Å². The molecule has 0 saturated heterocycles. The van der Waals surface area contributed by atoms with E-state index in [0.717, 1.165) is 7.11 Å². The summed E-state index contributed by atoms with van der Waals surface area (Å²) in [5.74, 6) is -4.97. The van der Waals surface area contributed by atoms with E-state index in [1.807, 2.05) is 5.43 Å². The van der Waals surface area contributed by atoms with Crippen LogP contribution in [0.2, 0.25) is 0 Å². The molecule has 0 fully saturated rings. The maximum atomic E-state index is 13.9. The zero-order chi connectivity index (χ0) is 19.7. The minimum Gasteiger partial charge on any atom is -0.464 e. The molecule has 1 aromatic carbocycles. The van der Waals surface area contributed by atoms with Gasteiger partial charge in [0.1, 0.15) is 0 Å². The van der Waals surface area contributed by atoms with Crippen molar-refractivity contribution in [1.82, 2.24) is 0 Å². The molecule has 1 heterocycles. The summed E-state index contributed by atoms with van der Waals surface area (Å²) >= 11 is 0. The van der Waals surface area contributed by atoms with Crippen LogP contribution in [0.1, 0.15) is 13.3 Å². The maximum absolute atomic E-state index is 13.9. The van der Waals surface area contributed by atoms with Gasteiger partial charge in [0.05, 0.1) is 12.8 Å². The van der Waals surface area contributed by atoms with Gasteiger partial charge >= 0.3 is 18.2 Å². The van der Waals surface area contributed by atoms with E-state index < -0.39 is 52.7 Å². The van der Waals surface area contributed by atoms with Gasteiger partial charge in [-0.05, 0) is 0 Å². The van der Waals surface area contributed by atoms with E-state index >= 15 is 0 Å². The largest absolute Gasteiger partial charge is 0.507 e. The highest BCUT2D eigenvalue weighted by Gasteiger charge is 2.66. The summed E-state index contributed by atoms with van der Waals surface area (Å²) in [5.41, 5.74) is 0.618. The maximum Gasteiger partial charge on any atom is 0.507 e. The lowest BCUT2D eigenvalue weighted by atomic mass is 10.2. The molecular formula is C14H11F5N2O5. The number of hydrogen-bond acceptors (Lipinski definition) is 7.